The first-order chi connectivity index (χ1) is 8.45. The molecule has 0 amide bonds. The number of halogens is 1. The van der Waals surface area contributed by atoms with Crippen molar-refractivity contribution in [3.63, 3.8) is 0 Å². The van der Waals surface area contributed by atoms with Crippen molar-refractivity contribution in [3.8, 4) is 0 Å². The first-order valence-corrected chi connectivity index (χ1v) is 7.77. The molecule has 0 saturated heterocycles. The van der Waals surface area contributed by atoms with Gasteiger partial charge in [0, 0.05) is 0 Å². The van der Waals surface area contributed by atoms with E-state index in [0.29, 0.717) is 11.3 Å². The number of fused-ring (bicyclic) bond motifs is 1. The summed E-state index contributed by atoms with van der Waals surface area (Å²) in [6.45, 7) is 8.86. The molecule has 2 rings (SSSR count). The third kappa shape index (κ3) is 2.51. The lowest BCUT2D eigenvalue weighted by molar-refractivity contribution is 0.0374. The second kappa shape index (κ2) is 5.35. The summed E-state index contributed by atoms with van der Waals surface area (Å²) in [6.07, 6.45) is 9.70. The molecule has 0 aliphatic heterocycles. The molecule has 2 fully saturated rings. The van der Waals surface area contributed by atoms with Crippen molar-refractivity contribution in [1.82, 2.24) is 0 Å². The largest absolute Gasteiger partial charge is 0.212 e. The van der Waals surface area contributed by atoms with Gasteiger partial charge in [-0.25, -0.2) is 4.39 Å². The number of hydrogen-bond donors (Lipinski definition) is 0. The van der Waals surface area contributed by atoms with E-state index < -0.39 is 0 Å². The van der Waals surface area contributed by atoms with Crippen LogP contribution < -0.4 is 0 Å². The summed E-state index contributed by atoms with van der Waals surface area (Å²) < 4.78 is 12.9. The zero-order valence-electron chi connectivity index (χ0n) is 12.5. The summed E-state index contributed by atoms with van der Waals surface area (Å²) in [6, 6.07) is 0. The van der Waals surface area contributed by atoms with E-state index in [1.54, 1.807) is 13.0 Å². The predicted octanol–water partition coefficient (Wildman–Crippen LogP) is 5.74. The topological polar surface area (TPSA) is 0 Å². The molecule has 1 heteroatoms. The van der Waals surface area contributed by atoms with Crippen molar-refractivity contribution in [2.75, 3.05) is 0 Å². The van der Waals surface area contributed by atoms with Crippen LogP contribution in [0.1, 0.15) is 66.2 Å². The molecule has 18 heavy (non-hydrogen) atoms. The minimum Gasteiger partial charge on any atom is -0.212 e. The van der Waals surface area contributed by atoms with E-state index in [2.05, 4.69) is 20.8 Å². The molecule has 5 atom stereocenters. The Morgan fingerprint density at radius 2 is 2.11 bits per heavy atom. The Hall–Kier alpha value is -0.330. The van der Waals surface area contributed by atoms with Gasteiger partial charge < -0.3 is 0 Å². The maximum Gasteiger partial charge on any atom is 0.0929 e. The van der Waals surface area contributed by atoms with Crippen molar-refractivity contribution < 1.29 is 4.39 Å². The van der Waals surface area contributed by atoms with Crippen LogP contribution in [0.5, 0.6) is 0 Å². The molecular weight excluding hydrogens is 223 g/mol. The molecule has 0 spiro atoms. The van der Waals surface area contributed by atoms with E-state index in [1.165, 1.54) is 32.1 Å². The summed E-state index contributed by atoms with van der Waals surface area (Å²) in [5, 5.41) is 0. The standard InChI is InChI=1S/C17H29F/c1-12-6-5-11-17(4)15(12)9-10-16(17)13(2)7-8-14(3)18/h8,12-13,15-16H,5-7,9-11H2,1-4H3/b14-8-/t12-,13+,15-,16?,17-/m0/s1. The van der Waals surface area contributed by atoms with Gasteiger partial charge in [-0.05, 0) is 61.7 Å². The van der Waals surface area contributed by atoms with Crippen LogP contribution in [0.3, 0.4) is 0 Å². The molecule has 104 valence electrons. The highest BCUT2D eigenvalue weighted by Gasteiger charge is 2.50. The third-order valence-corrected chi connectivity index (χ3v) is 6.00. The van der Waals surface area contributed by atoms with Gasteiger partial charge >= 0.3 is 0 Å². The summed E-state index contributed by atoms with van der Waals surface area (Å²) in [7, 11) is 0. The number of rotatable bonds is 3. The van der Waals surface area contributed by atoms with E-state index in [-0.39, 0.29) is 5.83 Å². The molecule has 2 saturated carbocycles. The zero-order valence-corrected chi connectivity index (χ0v) is 12.5. The van der Waals surface area contributed by atoms with Crippen LogP contribution >= 0.6 is 0 Å². The van der Waals surface area contributed by atoms with Crippen molar-refractivity contribution in [2.24, 2.45) is 29.1 Å². The highest BCUT2D eigenvalue weighted by atomic mass is 19.1. The fourth-order valence-corrected chi connectivity index (χ4v) is 5.05. The molecule has 2 aliphatic carbocycles. The van der Waals surface area contributed by atoms with Gasteiger partial charge in [-0.15, -0.1) is 0 Å². The minimum absolute atomic E-state index is 0.0152. The Morgan fingerprint density at radius 3 is 2.78 bits per heavy atom. The Morgan fingerprint density at radius 1 is 1.39 bits per heavy atom. The summed E-state index contributed by atoms with van der Waals surface area (Å²) in [5.41, 5.74) is 0.537. The van der Waals surface area contributed by atoms with Gasteiger partial charge in [-0.3, -0.25) is 0 Å². The molecule has 0 aromatic heterocycles. The molecule has 0 N–H and O–H groups in total. The molecule has 0 nitrogen and oxygen atoms in total. The van der Waals surface area contributed by atoms with Crippen molar-refractivity contribution >= 4 is 0 Å². The lowest BCUT2D eigenvalue weighted by Gasteiger charge is -2.46. The molecule has 0 bridgehead atoms. The molecule has 0 heterocycles. The number of allylic oxidation sites excluding steroid dienone is 2. The average molecular weight is 252 g/mol. The quantitative estimate of drug-likeness (QED) is 0.601. The Balaban J connectivity index is 2.08. The second-order valence-electron chi connectivity index (χ2n) is 7.17. The van der Waals surface area contributed by atoms with Crippen molar-refractivity contribution in [1.29, 1.82) is 0 Å². The van der Waals surface area contributed by atoms with E-state index in [0.717, 1.165) is 24.2 Å². The van der Waals surface area contributed by atoms with Crippen LogP contribution in [0, 0.1) is 29.1 Å². The first kappa shape index (κ1) is 14.1. The zero-order chi connectivity index (χ0) is 13.3. The molecule has 2 aliphatic rings. The van der Waals surface area contributed by atoms with E-state index >= 15 is 0 Å². The lowest BCUT2D eigenvalue weighted by Crippen LogP contribution is -2.38. The Kier molecular flexibility index (Phi) is 4.18. The van der Waals surface area contributed by atoms with Crippen molar-refractivity contribution in [3.05, 3.63) is 11.9 Å². The molecule has 0 aromatic rings. The van der Waals surface area contributed by atoms with Crippen LogP contribution in [0.2, 0.25) is 0 Å². The monoisotopic (exact) mass is 252 g/mol. The van der Waals surface area contributed by atoms with Gasteiger partial charge in [0.15, 0.2) is 0 Å². The fourth-order valence-electron chi connectivity index (χ4n) is 5.05. The lowest BCUT2D eigenvalue weighted by atomic mass is 9.59. The minimum atomic E-state index is -0.0152. The van der Waals surface area contributed by atoms with Crippen LogP contribution in [-0.2, 0) is 0 Å². The SMILES string of the molecule is C/C(F)=C/C[C@@H](C)C1CC[C@H]2[C@@H](C)CCC[C@]12C. The third-order valence-electron chi connectivity index (χ3n) is 6.00. The van der Waals surface area contributed by atoms with E-state index in [4.69, 9.17) is 0 Å². The first-order valence-electron chi connectivity index (χ1n) is 7.77. The Labute approximate surface area is 112 Å². The molecule has 1 unspecified atom stereocenters. The predicted molar refractivity (Wildman–Crippen MR) is 76.0 cm³/mol. The van der Waals surface area contributed by atoms with Gasteiger partial charge in [0.2, 0.25) is 0 Å². The summed E-state index contributed by atoms with van der Waals surface area (Å²) >= 11 is 0. The van der Waals surface area contributed by atoms with E-state index in [9.17, 15) is 4.39 Å². The van der Waals surface area contributed by atoms with Crippen molar-refractivity contribution in [2.45, 2.75) is 66.2 Å². The second-order valence-corrected chi connectivity index (χ2v) is 7.17. The smallest absolute Gasteiger partial charge is 0.0929 e. The van der Waals surface area contributed by atoms with Crippen LogP contribution in [0.15, 0.2) is 11.9 Å². The highest BCUT2D eigenvalue weighted by molar-refractivity contribution is 5.02. The van der Waals surface area contributed by atoms with Gasteiger partial charge in [0.05, 0.1) is 5.83 Å². The molecule has 0 aromatic carbocycles. The average Bonchev–Trinajstić information content (AvgIpc) is 2.64. The van der Waals surface area contributed by atoms with Crippen LogP contribution in [0.25, 0.3) is 0 Å². The number of hydrogen-bond acceptors (Lipinski definition) is 0. The van der Waals surface area contributed by atoms with Gasteiger partial charge in [0.25, 0.3) is 0 Å². The molecular formula is C17H29F. The highest BCUT2D eigenvalue weighted by Crippen LogP contribution is 2.59. The molecule has 0 radical (unpaired) electrons. The van der Waals surface area contributed by atoms with Gasteiger partial charge in [0.1, 0.15) is 0 Å². The maximum atomic E-state index is 12.9. The Bertz CT molecular complexity index is 316. The normalized spacial score (nSPS) is 42.7. The van der Waals surface area contributed by atoms with Gasteiger partial charge in [-0.2, -0.15) is 0 Å². The summed E-state index contributed by atoms with van der Waals surface area (Å²) in [5.74, 6) is 3.25. The fraction of sp³-hybridized carbons (Fsp3) is 0.882. The van der Waals surface area contributed by atoms with E-state index in [1.807, 2.05) is 0 Å². The summed E-state index contributed by atoms with van der Waals surface area (Å²) in [4.78, 5) is 0. The van der Waals surface area contributed by atoms with Crippen LogP contribution in [0.4, 0.5) is 4.39 Å². The van der Waals surface area contributed by atoms with Gasteiger partial charge in [-0.1, -0.05) is 39.7 Å². The maximum absolute atomic E-state index is 12.9. The van der Waals surface area contributed by atoms with Crippen LogP contribution in [-0.4, -0.2) is 0 Å².